The number of nitrogens with one attached hydrogen (secondary N) is 2. The summed E-state index contributed by atoms with van der Waals surface area (Å²) < 4.78 is 143. The Bertz CT molecular complexity index is 5740. The zero-order valence-corrected chi connectivity index (χ0v) is 83.7. The number of methoxy groups -OCH3 is 6. The number of para-hydroxylation sites is 2. The maximum Gasteiger partial charge on any atom is 0.394 e. The number of esters is 6. The molecule has 139 heavy (non-hydrogen) atoms. The van der Waals surface area contributed by atoms with Crippen molar-refractivity contribution in [1.82, 2.24) is 39.4 Å². The van der Waals surface area contributed by atoms with Crippen molar-refractivity contribution >= 4 is 100 Å². The third kappa shape index (κ3) is 18.0. The monoisotopic (exact) mass is 2000 g/mol. The standard InChI is InChI=1S/2C48H63N5O9.3H2O4S/c2*1-9-44(57)24-29-25-47(42(55)60-7,38-31(16-20-52(26-29)28-44)30-14-11-12-15-34(30)49-38)33-22-32-35(23-36(33)59-6)51(5)40-46(32)18-21-53-19-13-17-45(10-2,39(46)53)41(48(40,58)43(56)61-8)62-37(54)27-50(3)4;3*1-5(2,3)4/h2*11-15,17,22-23,29,39-41,49,57-58H,9-10,16,18-21,24-28H2,1-8H3;3*(H2,1,2,3,4). The van der Waals surface area contributed by atoms with Crippen molar-refractivity contribution in [2.45, 2.75) is 185 Å². The minimum Gasteiger partial charge on any atom is -0.496 e. The Balaban J connectivity index is 0.000000193. The zero-order valence-electron chi connectivity index (χ0n) is 81.3. The van der Waals surface area contributed by atoms with Crippen LogP contribution < -0.4 is 19.3 Å². The van der Waals surface area contributed by atoms with E-state index in [1.54, 1.807) is 52.2 Å². The van der Waals surface area contributed by atoms with Gasteiger partial charge in [-0.05, 0) is 177 Å². The molecule has 764 valence electrons. The molecule has 6 fully saturated rings. The molecular formula is C96H132N10O30S3. The summed E-state index contributed by atoms with van der Waals surface area (Å²) in [6.45, 7) is 14.5. The molecule has 2 aromatic heterocycles. The first kappa shape index (κ1) is 105. The predicted molar refractivity (Wildman–Crippen MR) is 509 cm³/mol. The van der Waals surface area contributed by atoms with Gasteiger partial charge in [-0.1, -0.05) is 88.4 Å². The number of hydrogen-bond donors (Lipinski definition) is 12. The number of ether oxygens (including phenoxy) is 8. The molecule has 12 heterocycles. The first-order valence-electron chi connectivity index (χ1n) is 46.7. The van der Waals surface area contributed by atoms with Crippen LogP contribution in [0.4, 0.5) is 11.4 Å². The minimum absolute atomic E-state index is 0.0438. The summed E-state index contributed by atoms with van der Waals surface area (Å²) >= 11 is 0. The number of H-pyrrole nitrogens is 2. The van der Waals surface area contributed by atoms with Gasteiger partial charge in [0.05, 0.1) is 79.0 Å². The van der Waals surface area contributed by atoms with Crippen molar-refractivity contribution < 1.29 is 140 Å². The third-order valence-electron chi connectivity index (χ3n) is 32.0. The Labute approximate surface area is 809 Å². The number of fused-ring (bicyclic) bond motifs is 12. The Kier molecular flexibility index (Phi) is 29.4. The van der Waals surface area contributed by atoms with Crippen molar-refractivity contribution in [3.05, 3.63) is 142 Å². The molecule has 20 atom stereocenters. The molecule has 40 nitrogen and oxygen atoms in total. The van der Waals surface area contributed by atoms with Gasteiger partial charge in [0, 0.05) is 168 Å². The van der Waals surface area contributed by atoms with Gasteiger partial charge in [0.2, 0.25) is 11.2 Å². The molecule has 0 amide bonds. The van der Waals surface area contributed by atoms with Gasteiger partial charge in [-0.25, -0.2) is 9.59 Å². The topological polar surface area (TPSA) is 538 Å². The number of carbonyl (C=O) groups is 6. The molecule has 12 N–H and O–H groups in total. The van der Waals surface area contributed by atoms with Crippen LogP contribution in [-0.2, 0) is 123 Å². The molecular weight excluding hydrogens is 1870 g/mol. The molecule has 0 radical (unpaired) electrons. The van der Waals surface area contributed by atoms with E-state index in [1.165, 1.54) is 28.4 Å². The van der Waals surface area contributed by atoms with Gasteiger partial charge in [-0.3, -0.25) is 75.9 Å². The normalized spacial score (nSPS) is 33.2. The van der Waals surface area contributed by atoms with Crippen molar-refractivity contribution in [3.8, 4) is 11.5 Å². The van der Waals surface area contributed by atoms with E-state index in [9.17, 15) is 39.6 Å². The molecule has 2 spiro atoms. The SMILES string of the molecule is CCC1(O)CC2CN(CCc3c([nH]c4ccccc34)C(C(=O)OC)(c3cc4c(cc3OC)N(C)C3C(O)(C(=O)OC)C(OC(=O)CN(C)C)C5(CC)C=CCN6CCC43C65)C2)C1.CCC1(O)CC2CN(CCc3c([nH]c4ccccc34)C(C(=O)OC)(c3cc4c(cc3OC)N(C)C3C(O)(C(=O)OC)C(OC(=O)CN(C)C)C5(CC)C=CCN6CCC43C65)C2)C1.O=S(=O)(O)O.O=S(=O)(O)O.O=S(=O)(O)O. The molecule has 4 saturated heterocycles. The molecule has 2 aliphatic carbocycles. The minimum atomic E-state index is -4.67. The summed E-state index contributed by atoms with van der Waals surface area (Å²) in [6, 6.07) is 21.9. The van der Waals surface area contributed by atoms with Crippen molar-refractivity contribution in [2.75, 3.05) is 173 Å². The summed E-state index contributed by atoms with van der Waals surface area (Å²) in [5, 5.41) is 53.2. The van der Waals surface area contributed by atoms with Crippen molar-refractivity contribution in [3.63, 3.8) is 0 Å². The van der Waals surface area contributed by atoms with E-state index in [1.807, 2.05) is 100 Å². The summed E-state index contributed by atoms with van der Waals surface area (Å²) in [6.07, 6.45) is 11.8. The van der Waals surface area contributed by atoms with Crippen LogP contribution >= 0.6 is 0 Å². The second kappa shape index (κ2) is 38.7. The van der Waals surface area contributed by atoms with Gasteiger partial charge in [-0.15, -0.1) is 0 Å². The molecule has 20 unspecified atom stereocenters. The first-order chi connectivity index (χ1) is 65.2. The van der Waals surface area contributed by atoms with Crippen LogP contribution in [0, 0.1) is 22.7 Å². The number of rotatable bonds is 18. The lowest BCUT2D eigenvalue weighted by Crippen LogP contribution is -2.81. The molecule has 4 aromatic carbocycles. The number of likely N-dealkylation sites (N-methyl/N-ethyl adjacent to an activating group) is 4. The number of aromatic nitrogens is 2. The van der Waals surface area contributed by atoms with Gasteiger partial charge in [-0.2, -0.15) is 25.3 Å². The molecule has 12 aliphatic rings. The Morgan fingerprint density at radius 2 is 0.791 bits per heavy atom. The number of anilines is 2. The second-order valence-electron chi connectivity index (χ2n) is 40.0. The highest BCUT2D eigenvalue weighted by atomic mass is 32.3. The van der Waals surface area contributed by atoms with Crippen molar-refractivity contribution in [1.29, 1.82) is 0 Å². The van der Waals surface area contributed by atoms with E-state index in [4.69, 9.17) is 90.5 Å². The number of benzene rings is 4. The molecule has 43 heteroatoms. The molecule has 10 aliphatic heterocycles. The number of carbonyl (C=O) groups excluding carboxylic acids is 6. The van der Waals surface area contributed by atoms with Crippen molar-refractivity contribution in [2.24, 2.45) is 22.7 Å². The molecule has 2 saturated carbocycles. The van der Waals surface area contributed by atoms with E-state index in [2.05, 4.69) is 78.1 Å². The Morgan fingerprint density at radius 1 is 0.453 bits per heavy atom. The second-order valence-corrected chi connectivity index (χ2v) is 42.7. The summed E-state index contributed by atoms with van der Waals surface area (Å²) in [5.41, 5.74) is -3.47. The summed E-state index contributed by atoms with van der Waals surface area (Å²) in [7, 11) is 5.43. The van der Waals surface area contributed by atoms with E-state index in [0.29, 0.717) is 165 Å². The van der Waals surface area contributed by atoms with Crippen LogP contribution in [0.25, 0.3) is 21.8 Å². The number of aromatic amines is 2. The average Bonchev–Trinajstić information content (AvgIpc) is 1.49. The summed E-state index contributed by atoms with van der Waals surface area (Å²) in [5.74, 6) is -3.06. The Hall–Kier alpha value is -9.33. The van der Waals surface area contributed by atoms with Crippen LogP contribution in [0.2, 0.25) is 0 Å². The number of hydrogen-bond acceptors (Lipinski definition) is 32. The highest BCUT2D eigenvalue weighted by Gasteiger charge is 2.83. The quantitative estimate of drug-likeness (QED) is 0.0230. The van der Waals surface area contributed by atoms with Crippen LogP contribution in [0.5, 0.6) is 11.5 Å². The zero-order chi connectivity index (χ0) is 102. The predicted octanol–water partition coefficient (Wildman–Crippen LogP) is 5.11. The fraction of sp³-hybridized carbons (Fsp3) is 0.604. The van der Waals surface area contributed by atoms with Crippen LogP contribution in [-0.4, -0.2) is 370 Å². The average molecular weight is 2000 g/mol. The van der Waals surface area contributed by atoms with Gasteiger partial charge in [0.15, 0.2) is 12.2 Å². The molecule has 6 aromatic rings. The maximum absolute atomic E-state index is 15.4. The van der Waals surface area contributed by atoms with E-state index in [0.717, 1.165) is 66.8 Å². The highest BCUT2D eigenvalue weighted by molar-refractivity contribution is 7.80. The highest BCUT2D eigenvalue weighted by Crippen LogP contribution is 2.71. The number of aliphatic hydroxyl groups is 4. The van der Waals surface area contributed by atoms with Gasteiger partial charge in [0.25, 0.3) is 0 Å². The smallest absolute Gasteiger partial charge is 0.394 e. The maximum atomic E-state index is 15.4. The van der Waals surface area contributed by atoms with E-state index >= 15 is 9.59 Å². The number of piperidine rings is 2. The third-order valence-corrected chi connectivity index (χ3v) is 32.0. The van der Waals surface area contributed by atoms with Crippen LogP contribution in [0.1, 0.15) is 137 Å². The first-order valence-corrected chi connectivity index (χ1v) is 50.8. The van der Waals surface area contributed by atoms with E-state index < -0.39 is 146 Å². The van der Waals surface area contributed by atoms with Gasteiger partial charge in [0.1, 0.15) is 22.3 Å². The Morgan fingerprint density at radius 3 is 1.10 bits per heavy atom. The fourth-order valence-corrected chi connectivity index (χ4v) is 27.5. The largest absolute Gasteiger partial charge is 0.496 e. The lowest BCUT2D eigenvalue weighted by Gasteiger charge is -2.63. The fourth-order valence-electron chi connectivity index (χ4n) is 27.5. The van der Waals surface area contributed by atoms with E-state index in [-0.39, 0.29) is 37.0 Å². The lowest BCUT2D eigenvalue weighted by atomic mass is 9.47. The molecule has 18 rings (SSSR count). The van der Waals surface area contributed by atoms with Crippen LogP contribution in [0.15, 0.2) is 97.1 Å². The lowest BCUT2D eigenvalue weighted by molar-refractivity contribution is -0.230. The van der Waals surface area contributed by atoms with Gasteiger partial charge >= 0.3 is 67.0 Å². The van der Waals surface area contributed by atoms with Crippen LogP contribution in [0.3, 0.4) is 0 Å². The number of nitrogens with zero attached hydrogens (tertiary/aromatic N) is 8. The molecule has 4 bridgehead atoms. The van der Waals surface area contributed by atoms with Gasteiger partial charge < -0.3 is 78.1 Å². The summed E-state index contributed by atoms with van der Waals surface area (Å²) in [4.78, 5) is 112.